The van der Waals surface area contributed by atoms with Gasteiger partial charge in [-0.25, -0.2) is 4.79 Å². The Bertz CT molecular complexity index is 877. The van der Waals surface area contributed by atoms with Crippen molar-refractivity contribution in [3.8, 4) is 5.75 Å². The number of Topliss-reactive ketones (excluding diaryl/α,β-unsaturated/α-hetero) is 1. The molecule has 2 aromatic rings. The second-order valence-corrected chi connectivity index (χ2v) is 6.91. The van der Waals surface area contributed by atoms with E-state index in [9.17, 15) is 14.4 Å². The van der Waals surface area contributed by atoms with Gasteiger partial charge in [-0.05, 0) is 49.4 Å². The molecule has 0 saturated heterocycles. The predicted molar refractivity (Wildman–Crippen MR) is 107 cm³/mol. The Labute approximate surface area is 168 Å². The molecule has 1 unspecified atom stereocenters. The van der Waals surface area contributed by atoms with Gasteiger partial charge >= 0.3 is 5.97 Å². The molecule has 0 radical (unpaired) electrons. The van der Waals surface area contributed by atoms with E-state index < -0.39 is 12.1 Å². The Balaban J connectivity index is 2.07. The number of amides is 1. The van der Waals surface area contributed by atoms with Crippen LogP contribution in [0.4, 0.5) is 5.69 Å². The standard InChI is InChI=1S/C21H22ClNO5/c1-12(2)20(25)23-16-8-5-14(6-9-16)19(24)13(3)28-21(26)17-11-15(22)7-10-18(17)27-4/h5-13H,1-4H3,(H,23,25). The second-order valence-electron chi connectivity index (χ2n) is 6.48. The molecule has 1 N–H and O–H groups in total. The molecule has 148 valence electrons. The molecular formula is C21H22ClNO5. The van der Waals surface area contributed by atoms with Crippen molar-refractivity contribution in [2.75, 3.05) is 12.4 Å². The minimum Gasteiger partial charge on any atom is -0.496 e. The number of halogens is 1. The van der Waals surface area contributed by atoms with Crippen LogP contribution >= 0.6 is 11.6 Å². The van der Waals surface area contributed by atoms with E-state index in [1.54, 1.807) is 50.2 Å². The third-order valence-corrected chi connectivity index (χ3v) is 4.23. The highest BCUT2D eigenvalue weighted by molar-refractivity contribution is 6.31. The fraction of sp³-hybridized carbons (Fsp3) is 0.286. The first-order valence-corrected chi connectivity index (χ1v) is 9.10. The fourth-order valence-electron chi connectivity index (χ4n) is 2.36. The number of anilines is 1. The number of hydrogen-bond donors (Lipinski definition) is 1. The number of ketones is 1. The summed E-state index contributed by atoms with van der Waals surface area (Å²) in [5, 5.41) is 3.10. The lowest BCUT2D eigenvalue weighted by atomic mass is 10.1. The summed E-state index contributed by atoms with van der Waals surface area (Å²) in [7, 11) is 1.42. The number of carbonyl (C=O) groups excluding carboxylic acids is 3. The molecule has 0 aliphatic heterocycles. The quantitative estimate of drug-likeness (QED) is 0.548. The van der Waals surface area contributed by atoms with E-state index in [4.69, 9.17) is 21.1 Å². The maximum absolute atomic E-state index is 12.6. The van der Waals surface area contributed by atoms with E-state index >= 15 is 0 Å². The average molecular weight is 404 g/mol. The summed E-state index contributed by atoms with van der Waals surface area (Å²) < 4.78 is 10.4. The van der Waals surface area contributed by atoms with Crippen LogP contribution in [-0.2, 0) is 9.53 Å². The molecule has 2 rings (SSSR count). The van der Waals surface area contributed by atoms with Crippen LogP contribution in [0.3, 0.4) is 0 Å². The van der Waals surface area contributed by atoms with Gasteiger partial charge in [0.05, 0.1) is 7.11 Å². The summed E-state index contributed by atoms with van der Waals surface area (Å²) in [6, 6.07) is 11.0. The van der Waals surface area contributed by atoms with Crippen LogP contribution < -0.4 is 10.1 Å². The van der Waals surface area contributed by atoms with Crippen molar-refractivity contribution in [1.82, 2.24) is 0 Å². The maximum Gasteiger partial charge on any atom is 0.342 e. The Hall–Kier alpha value is -2.86. The summed E-state index contributed by atoms with van der Waals surface area (Å²) in [4.78, 5) is 36.7. The lowest BCUT2D eigenvalue weighted by Crippen LogP contribution is -2.24. The molecule has 0 heterocycles. The number of benzene rings is 2. The molecular weight excluding hydrogens is 382 g/mol. The fourth-order valence-corrected chi connectivity index (χ4v) is 2.53. The van der Waals surface area contributed by atoms with Gasteiger partial charge < -0.3 is 14.8 Å². The molecule has 0 fully saturated rings. The van der Waals surface area contributed by atoms with Crippen molar-refractivity contribution in [2.45, 2.75) is 26.9 Å². The number of ether oxygens (including phenoxy) is 2. The third kappa shape index (κ3) is 5.33. The van der Waals surface area contributed by atoms with Crippen LogP contribution in [0.1, 0.15) is 41.5 Å². The topological polar surface area (TPSA) is 81.7 Å². The van der Waals surface area contributed by atoms with E-state index in [0.29, 0.717) is 22.0 Å². The largest absolute Gasteiger partial charge is 0.496 e. The van der Waals surface area contributed by atoms with Crippen LogP contribution in [0.15, 0.2) is 42.5 Å². The minimum atomic E-state index is -1.01. The molecule has 6 nitrogen and oxygen atoms in total. The summed E-state index contributed by atoms with van der Waals surface area (Å²) in [5.74, 6) is -1.03. The maximum atomic E-state index is 12.6. The molecule has 2 aromatic carbocycles. The van der Waals surface area contributed by atoms with Crippen molar-refractivity contribution in [3.63, 3.8) is 0 Å². The SMILES string of the molecule is COc1ccc(Cl)cc1C(=O)OC(C)C(=O)c1ccc(NC(=O)C(C)C)cc1. The number of nitrogens with one attached hydrogen (secondary N) is 1. The van der Waals surface area contributed by atoms with E-state index in [2.05, 4.69) is 5.32 Å². The van der Waals surface area contributed by atoms with Gasteiger partial charge in [0, 0.05) is 22.2 Å². The van der Waals surface area contributed by atoms with Crippen LogP contribution in [0.25, 0.3) is 0 Å². The summed E-state index contributed by atoms with van der Waals surface area (Å²) in [6.07, 6.45) is -1.01. The molecule has 0 saturated carbocycles. The van der Waals surface area contributed by atoms with Gasteiger partial charge in [-0.2, -0.15) is 0 Å². The van der Waals surface area contributed by atoms with E-state index in [1.165, 1.54) is 20.1 Å². The Morgan fingerprint density at radius 1 is 1.00 bits per heavy atom. The van der Waals surface area contributed by atoms with Gasteiger partial charge in [0.15, 0.2) is 6.10 Å². The van der Waals surface area contributed by atoms with Gasteiger partial charge in [-0.1, -0.05) is 25.4 Å². The summed E-state index contributed by atoms with van der Waals surface area (Å²) in [6.45, 7) is 5.07. The van der Waals surface area contributed by atoms with Crippen LogP contribution in [0, 0.1) is 5.92 Å². The van der Waals surface area contributed by atoms with Crippen LogP contribution in [-0.4, -0.2) is 30.9 Å². The molecule has 0 bridgehead atoms. The van der Waals surface area contributed by atoms with Crippen LogP contribution in [0.5, 0.6) is 5.75 Å². The molecule has 1 atom stereocenters. The minimum absolute atomic E-state index is 0.114. The van der Waals surface area contributed by atoms with Gasteiger partial charge in [-0.15, -0.1) is 0 Å². The zero-order valence-electron chi connectivity index (χ0n) is 16.1. The van der Waals surface area contributed by atoms with Crippen molar-refractivity contribution >= 4 is 34.9 Å². The third-order valence-electron chi connectivity index (χ3n) is 4.00. The first-order chi connectivity index (χ1) is 13.2. The Morgan fingerprint density at radius 3 is 2.21 bits per heavy atom. The molecule has 0 aliphatic rings. The number of esters is 1. The molecule has 1 amide bonds. The van der Waals surface area contributed by atoms with Crippen molar-refractivity contribution in [1.29, 1.82) is 0 Å². The van der Waals surface area contributed by atoms with E-state index in [-0.39, 0.29) is 23.2 Å². The zero-order chi connectivity index (χ0) is 20.8. The lowest BCUT2D eigenvalue weighted by molar-refractivity contribution is -0.118. The molecule has 0 aromatic heterocycles. The smallest absolute Gasteiger partial charge is 0.342 e. The highest BCUT2D eigenvalue weighted by atomic mass is 35.5. The van der Waals surface area contributed by atoms with Gasteiger partial charge in [0.25, 0.3) is 0 Å². The van der Waals surface area contributed by atoms with E-state index in [1.807, 2.05) is 0 Å². The average Bonchev–Trinajstić information content (AvgIpc) is 2.67. The van der Waals surface area contributed by atoms with Crippen molar-refractivity contribution in [3.05, 3.63) is 58.6 Å². The normalized spacial score (nSPS) is 11.6. The second kappa shape index (κ2) is 9.37. The number of rotatable bonds is 7. The summed E-state index contributed by atoms with van der Waals surface area (Å²) in [5.41, 5.74) is 1.09. The van der Waals surface area contributed by atoms with E-state index in [0.717, 1.165) is 0 Å². The number of methoxy groups -OCH3 is 1. The molecule has 0 spiro atoms. The Kier molecular flexibility index (Phi) is 7.18. The first kappa shape index (κ1) is 21.4. The molecule has 7 heteroatoms. The van der Waals surface area contributed by atoms with Crippen molar-refractivity contribution < 1.29 is 23.9 Å². The summed E-state index contributed by atoms with van der Waals surface area (Å²) >= 11 is 5.92. The highest BCUT2D eigenvalue weighted by Crippen LogP contribution is 2.24. The van der Waals surface area contributed by atoms with Gasteiger partial charge in [-0.3, -0.25) is 9.59 Å². The van der Waals surface area contributed by atoms with Gasteiger partial charge in [0.2, 0.25) is 11.7 Å². The van der Waals surface area contributed by atoms with Gasteiger partial charge in [0.1, 0.15) is 11.3 Å². The first-order valence-electron chi connectivity index (χ1n) is 8.72. The lowest BCUT2D eigenvalue weighted by Gasteiger charge is -2.14. The van der Waals surface area contributed by atoms with Crippen LogP contribution in [0.2, 0.25) is 5.02 Å². The zero-order valence-corrected chi connectivity index (χ0v) is 16.9. The number of carbonyl (C=O) groups is 3. The monoisotopic (exact) mass is 403 g/mol. The van der Waals surface area contributed by atoms with Crippen molar-refractivity contribution in [2.24, 2.45) is 5.92 Å². The molecule has 0 aliphatic carbocycles. The Morgan fingerprint density at radius 2 is 1.64 bits per heavy atom. The molecule has 28 heavy (non-hydrogen) atoms. The number of hydrogen-bond acceptors (Lipinski definition) is 5. The highest BCUT2D eigenvalue weighted by Gasteiger charge is 2.23. The predicted octanol–water partition coefficient (Wildman–Crippen LogP) is 4.37.